The van der Waals surface area contributed by atoms with Gasteiger partial charge in [-0.25, -0.2) is 8.42 Å². The van der Waals surface area contributed by atoms with Crippen LogP contribution in [0.15, 0.2) is 10.3 Å². The van der Waals surface area contributed by atoms with Crippen molar-refractivity contribution in [1.29, 1.82) is 0 Å². The number of sulfonamides is 1. The molecular formula is C9H12ClN3O4S2. The summed E-state index contributed by atoms with van der Waals surface area (Å²) in [6.45, 7) is 3.12. The van der Waals surface area contributed by atoms with E-state index in [0.29, 0.717) is 19.6 Å². The molecule has 106 valence electrons. The Labute approximate surface area is 119 Å². The predicted octanol–water partition coefficient (Wildman–Crippen LogP) is 1.29. The molecule has 0 aliphatic carbocycles. The van der Waals surface area contributed by atoms with Gasteiger partial charge >= 0.3 is 0 Å². The summed E-state index contributed by atoms with van der Waals surface area (Å²) in [6.07, 6.45) is 0. The monoisotopic (exact) mass is 325 g/mol. The number of hydrogen-bond acceptors (Lipinski definition) is 6. The largest absolute Gasteiger partial charge is 0.312 e. The van der Waals surface area contributed by atoms with Crippen LogP contribution in [-0.2, 0) is 10.0 Å². The van der Waals surface area contributed by atoms with E-state index in [-0.39, 0.29) is 20.3 Å². The van der Waals surface area contributed by atoms with Crippen LogP contribution in [0.1, 0.15) is 6.92 Å². The summed E-state index contributed by atoms with van der Waals surface area (Å²) in [4.78, 5) is 10.0. The molecule has 2 heterocycles. The summed E-state index contributed by atoms with van der Waals surface area (Å²) in [7, 11) is -3.71. The SMILES string of the molecule is C[C@H]1CN(S(=O)(=O)c2cc([N+](=O)[O-])c(Cl)s2)CCN1. The van der Waals surface area contributed by atoms with Crippen molar-refractivity contribution in [2.75, 3.05) is 19.6 Å². The van der Waals surface area contributed by atoms with E-state index < -0.39 is 14.9 Å². The summed E-state index contributed by atoms with van der Waals surface area (Å²) in [5, 5.41) is 13.8. The molecule has 1 atom stereocenters. The molecule has 1 saturated heterocycles. The first-order chi connectivity index (χ1) is 8.82. The second kappa shape index (κ2) is 5.33. The molecule has 0 bridgehead atoms. The van der Waals surface area contributed by atoms with E-state index in [2.05, 4.69) is 5.32 Å². The van der Waals surface area contributed by atoms with Gasteiger partial charge in [-0.1, -0.05) is 11.6 Å². The lowest BCUT2D eigenvalue weighted by molar-refractivity contribution is -0.384. The number of nitrogens with one attached hydrogen (secondary N) is 1. The normalized spacial score (nSPS) is 21.5. The fourth-order valence-corrected chi connectivity index (χ4v) is 5.18. The average Bonchev–Trinajstić information content (AvgIpc) is 2.72. The smallest absolute Gasteiger partial charge is 0.300 e. The van der Waals surface area contributed by atoms with Gasteiger partial charge < -0.3 is 5.32 Å². The fourth-order valence-electron chi connectivity index (χ4n) is 1.83. The molecule has 7 nitrogen and oxygen atoms in total. The molecule has 1 N–H and O–H groups in total. The maximum atomic E-state index is 12.3. The van der Waals surface area contributed by atoms with Crippen LogP contribution in [0.2, 0.25) is 4.34 Å². The van der Waals surface area contributed by atoms with Gasteiger partial charge in [0.15, 0.2) is 4.34 Å². The first kappa shape index (κ1) is 14.7. The highest BCUT2D eigenvalue weighted by Crippen LogP contribution is 2.37. The summed E-state index contributed by atoms with van der Waals surface area (Å²) >= 11 is 6.41. The van der Waals surface area contributed by atoms with Gasteiger partial charge in [0.05, 0.1) is 4.92 Å². The molecule has 1 fully saturated rings. The second-order valence-electron chi connectivity index (χ2n) is 4.20. The van der Waals surface area contributed by atoms with E-state index in [1.165, 1.54) is 4.31 Å². The Morgan fingerprint density at radius 3 is 2.84 bits per heavy atom. The fraction of sp³-hybridized carbons (Fsp3) is 0.556. The molecule has 0 unspecified atom stereocenters. The van der Waals surface area contributed by atoms with Gasteiger partial charge in [0.25, 0.3) is 15.7 Å². The van der Waals surface area contributed by atoms with Crippen LogP contribution in [0.4, 0.5) is 5.69 Å². The Kier molecular flexibility index (Phi) is 4.11. The highest BCUT2D eigenvalue weighted by Gasteiger charge is 2.32. The number of piperazine rings is 1. The molecule has 0 spiro atoms. The van der Waals surface area contributed by atoms with E-state index >= 15 is 0 Å². The summed E-state index contributed by atoms with van der Waals surface area (Å²) in [5.74, 6) is 0. The third-order valence-electron chi connectivity index (χ3n) is 2.77. The quantitative estimate of drug-likeness (QED) is 0.667. The highest BCUT2D eigenvalue weighted by atomic mass is 35.5. The zero-order valence-corrected chi connectivity index (χ0v) is 12.4. The van der Waals surface area contributed by atoms with E-state index in [4.69, 9.17) is 11.6 Å². The maximum absolute atomic E-state index is 12.3. The van der Waals surface area contributed by atoms with E-state index in [1.54, 1.807) is 0 Å². The lowest BCUT2D eigenvalue weighted by Crippen LogP contribution is -2.51. The Bertz CT molecular complexity index is 601. The average molecular weight is 326 g/mol. The molecule has 10 heteroatoms. The van der Waals surface area contributed by atoms with Gasteiger partial charge in [-0.05, 0) is 6.92 Å². The molecule has 1 aliphatic rings. The van der Waals surface area contributed by atoms with Crippen molar-refractivity contribution in [2.24, 2.45) is 0 Å². The molecule has 0 aromatic carbocycles. The number of nitrogens with zero attached hydrogens (tertiary/aromatic N) is 2. The predicted molar refractivity (Wildman–Crippen MR) is 72.2 cm³/mol. The van der Waals surface area contributed by atoms with E-state index in [0.717, 1.165) is 17.4 Å². The summed E-state index contributed by atoms with van der Waals surface area (Å²) in [5.41, 5.74) is -0.367. The van der Waals surface area contributed by atoms with Gasteiger partial charge in [0.1, 0.15) is 4.21 Å². The van der Waals surface area contributed by atoms with Crippen molar-refractivity contribution in [3.63, 3.8) is 0 Å². The third-order valence-corrected chi connectivity index (χ3v) is 6.42. The molecule has 1 aliphatic heterocycles. The Balaban J connectivity index is 2.34. The summed E-state index contributed by atoms with van der Waals surface area (Å²) in [6, 6.07) is 1.07. The number of nitro groups is 1. The second-order valence-corrected chi connectivity index (χ2v) is 8.02. The van der Waals surface area contributed by atoms with Gasteiger partial charge in [-0.15, -0.1) is 11.3 Å². The van der Waals surface area contributed by atoms with E-state index in [9.17, 15) is 18.5 Å². The Morgan fingerprint density at radius 2 is 2.32 bits per heavy atom. The molecular weight excluding hydrogens is 314 g/mol. The van der Waals surface area contributed by atoms with Crippen molar-refractivity contribution < 1.29 is 13.3 Å². The number of hydrogen-bond donors (Lipinski definition) is 1. The molecule has 0 radical (unpaired) electrons. The lowest BCUT2D eigenvalue weighted by Gasteiger charge is -2.30. The summed E-state index contributed by atoms with van der Waals surface area (Å²) < 4.78 is 25.8. The minimum atomic E-state index is -3.71. The first-order valence-corrected chi connectivity index (χ1v) is 8.13. The molecule has 1 aromatic rings. The Hall–Kier alpha value is -0.740. The van der Waals surface area contributed by atoms with Crippen LogP contribution in [0, 0.1) is 10.1 Å². The minimum absolute atomic E-state index is 0.0499. The molecule has 19 heavy (non-hydrogen) atoms. The van der Waals surface area contributed by atoms with Crippen LogP contribution < -0.4 is 5.32 Å². The number of halogens is 1. The first-order valence-electron chi connectivity index (χ1n) is 5.49. The molecule has 1 aromatic heterocycles. The van der Waals surface area contributed by atoms with Gasteiger partial charge in [0.2, 0.25) is 0 Å². The third kappa shape index (κ3) is 2.90. The maximum Gasteiger partial charge on any atom is 0.300 e. The van der Waals surface area contributed by atoms with Crippen LogP contribution in [-0.4, -0.2) is 43.3 Å². The standard InChI is InChI=1S/C9H12ClN3O4S2/c1-6-5-12(3-2-11-6)19(16,17)8-4-7(13(14)15)9(10)18-8/h4,6,11H,2-3,5H2,1H3/t6-/m0/s1. The van der Waals surface area contributed by atoms with Crippen molar-refractivity contribution in [3.05, 3.63) is 20.5 Å². The molecule has 2 rings (SSSR count). The van der Waals surface area contributed by atoms with Crippen LogP contribution in [0.3, 0.4) is 0 Å². The number of rotatable bonds is 3. The zero-order valence-electron chi connectivity index (χ0n) is 10.00. The van der Waals surface area contributed by atoms with Crippen molar-refractivity contribution in [1.82, 2.24) is 9.62 Å². The lowest BCUT2D eigenvalue weighted by atomic mass is 10.3. The van der Waals surface area contributed by atoms with Gasteiger partial charge in [-0.2, -0.15) is 4.31 Å². The van der Waals surface area contributed by atoms with Crippen LogP contribution >= 0.6 is 22.9 Å². The Morgan fingerprint density at radius 1 is 1.63 bits per heavy atom. The van der Waals surface area contributed by atoms with Crippen molar-refractivity contribution in [2.45, 2.75) is 17.2 Å². The topological polar surface area (TPSA) is 92.5 Å². The minimum Gasteiger partial charge on any atom is -0.312 e. The van der Waals surface area contributed by atoms with E-state index in [1.807, 2.05) is 6.92 Å². The van der Waals surface area contributed by atoms with Gasteiger partial charge in [0, 0.05) is 31.7 Å². The zero-order chi connectivity index (χ0) is 14.2. The van der Waals surface area contributed by atoms with Crippen LogP contribution in [0.5, 0.6) is 0 Å². The molecule has 0 saturated carbocycles. The highest BCUT2D eigenvalue weighted by molar-refractivity contribution is 7.91. The van der Waals surface area contributed by atoms with Gasteiger partial charge in [-0.3, -0.25) is 10.1 Å². The number of thiophene rings is 1. The van der Waals surface area contributed by atoms with Crippen LogP contribution in [0.25, 0.3) is 0 Å². The van der Waals surface area contributed by atoms with Crippen molar-refractivity contribution >= 4 is 38.6 Å². The molecule has 0 amide bonds. The van der Waals surface area contributed by atoms with Crippen molar-refractivity contribution in [3.8, 4) is 0 Å².